The monoisotopic (exact) mass is 229 g/mol. The van der Waals surface area contributed by atoms with Crippen molar-refractivity contribution in [3.63, 3.8) is 0 Å². The highest BCUT2D eigenvalue weighted by molar-refractivity contribution is 6.63. The molecule has 2 rings (SSSR count). The maximum atomic E-state index is 5.66. The Balaban J connectivity index is 2.09. The fourth-order valence-corrected chi connectivity index (χ4v) is 5.34. The van der Waals surface area contributed by atoms with Gasteiger partial charge in [-0.05, 0) is 38.3 Å². The Kier molecular flexibility index (Phi) is 3.50. The molecule has 0 bridgehead atoms. The maximum absolute atomic E-state index is 5.66. The first kappa shape index (κ1) is 11.6. The lowest BCUT2D eigenvalue weighted by molar-refractivity contribution is 0.140. The molecular weight excluding hydrogens is 206 g/mol. The third-order valence-corrected chi connectivity index (χ3v) is 7.40. The summed E-state index contributed by atoms with van der Waals surface area (Å²) in [6.07, 6.45) is 6.92. The Labute approximate surface area is 94.1 Å². The lowest BCUT2D eigenvalue weighted by Gasteiger charge is -2.39. The van der Waals surface area contributed by atoms with Gasteiger partial charge in [-0.25, -0.2) is 0 Å². The first-order chi connectivity index (χ1) is 7.21. The summed E-state index contributed by atoms with van der Waals surface area (Å²) in [4.78, 5) is 0. The molecule has 0 aromatic rings. The second kappa shape index (κ2) is 4.53. The average Bonchev–Trinajstić information content (AvgIpc) is 2.72. The minimum absolute atomic E-state index is 0.746. The van der Waals surface area contributed by atoms with Crippen LogP contribution in [0.15, 0.2) is 0 Å². The Hall–Kier alpha value is 0.0969. The van der Waals surface area contributed by atoms with E-state index < -0.39 is 8.72 Å². The molecule has 0 N–H and O–H groups in total. The van der Waals surface area contributed by atoms with Crippen LogP contribution >= 0.6 is 0 Å². The van der Waals surface area contributed by atoms with Gasteiger partial charge in [-0.15, -0.1) is 0 Å². The highest BCUT2D eigenvalue weighted by atomic mass is 28.4. The Morgan fingerprint density at radius 2 is 1.73 bits per heavy atom. The summed E-state index contributed by atoms with van der Waals surface area (Å²) in [5.74, 6) is 0.913. The van der Waals surface area contributed by atoms with Gasteiger partial charge in [-0.3, -0.25) is 4.57 Å². The Morgan fingerprint density at radius 1 is 1.07 bits per heavy atom. The van der Waals surface area contributed by atoms with Crippen LogP contribution in [0.3, 0.4) is 0 Å². The molecule has 1 heterocycles. The third kappa shape index (κ3) is 2.00. The number of rotatable bonds is 3. The molecule has 4 heteroatoms. The zero-order valence-corrected chi connectivity index (χ0v) is 11.2. The van der Waals surface area contributed by atoms with E-state index in [9.17, 15) is 0 Å². The van der Waals surface area contributed by atoms with E-state index in [1.165, 1.54) is 38.6 Å². The predicted molar refractivity (Wildman–Crippen MR) is 62.7 cm³/mol. The van der Waals surface area contributed by atoms with E-state index in [0.717, 1.165) is 12.0 Å². The topological polar surface area (TPSA) is 21.7 Å². The smallest absolute Gasteiger partial charge is 0.386 e. The lowest BCUT2D eigenvalue weighted by atomic mass is 9.86. The quantitative estimate of drug-likeness (QED) is 0.692. The summed E-state index contributed by atoms with van der Waals surface area (Å²) in [7, 11) is 1.56. The van der Waals surface area contributed by atoms with Crippen LogP contribution in [0.4, 0.5) is 0 Å². The fraction of sp³-hybridized carbons (Fsp3) is 1.00. The van der Waals surface area contributed by atoms with Gasteiger partial charge in [-0.1, -0.05) is 12.8 Å². The molecule has 0 aromatic heterocycles. The molecule has 2 aliphatic rings. The first-order valence-corrected chi connectivity index (χ1v) is 8.34. The standard InChI is InChI=1S/C11H23NO2Si/c1-13-15(3,14-2)12-9-8-10-6-4-5-7-11(10)12/h10-11H,4-9H2,1-3H3. The molecule has 0 spiro atoms. The van der Waals surface area contributed by atoms with Crippen LogP contribution in [0, 0.1) is 5.92 Å². The summed E-state index contributed by atoms with van der Waals surface area (Å²) in [5, 5.41) is 0. The molecule has 1 saturated heterocycles. The van der Waals surface area contributed by atoms with Gasteiger partial charge in [0.15, 0.2) is 0 Å². The van der Waals surface area contributed by atoms with Gasteiger partial charge < -0.3 is 8.85 Å². The van der Waals surface area contributed by atoms with Crippen molar-refractivity contribution in [3.05, 3.63) is 0 Å². The molecule has 1 aliphatic heterocycles. The second-order valence-electron chi connectivity index (χ2n) is 4.90. The van der Waals surface area contributed by atoms with Gasteiger partial charge in [0.2, 0.25) is 0 Å². The van der Waals surface area contributed by atoms with Gasteiger partial charge >= 0.3 is 8.72 Å². The van der Waals surface area contributed by atoms with E-state index in [2.05, 4.69) is 11.1 Å². The zero-order chi connectivity index (χ0) is 10.9. The molecule has 1 aliphatic carbocycles. The van der Waals surface area contributed by atoms with E-state index in [0.29, 0.717) is 0 Å². The zero-order valence-electron chi connectivity index (χ0n) is 10.2. The average molecular weight is 229 g/mol. The van der Waals surface area contributed by atoms with E-state index >= 15 is 0 Å². The van der Waals surface area contributed by atoms with Crippen LogP contribution in [0.5, 0.6) is 0 Å². The van der Waals surface area contributed by atoms with Crippen molar-refractivity contribution in [2.24, 2.45) is 5.92 Å². The van der Waals surface area contributed by atoms with Gasteiger partial charge in [0.1, 0.15) is 0 Å². The molecule has 3 nitrogen and oxygen atoms in total. The van der Waals surface area contributed by atoms with Crippen molar-refractivity contribution in [2.75, 3.05) is 20.8 Å². The second-order valence-corrected chi connectivity index (χ2v) is 8.09. The van der Waals surface area contributed by atoms with Crippen LogP contribution in [0.2, 0.25) is 6.55 Å². The molecule has 15 heavy (non-hydrogen) atoms. The molecule has 0 amide bonds. The normalized spacial score (nSPS) is 33.0. The van der Waals surface area contributed by atoms with Gasteiger partial charge in [-0.2, -0.15) is 0 Å². The Bertz CT molecular complexity index is 221. The number of hydrogen-bond acceptors (Lipinski definition) is 3. The number of fused-ring (bicyclic) bond motifs is 1. The Morgan fingerprint density at radius 3 is 2.40 bits per heavy atom. The predicted octanol–water partition coefficient (Wildman–Crippen LogP) is 2.11. The first-order valence-electron chi connectivity index (χ1n) is 6.08. The van der Waals surface area contributed by atoms with E-state index in [-0.39, 0.29) is 0 Å². The largest absolute Gasteiger partial charge is 0.424 e. The minimum Gasteiger partial charge on any atom is -0.386 e. The van der Waals surface area contributed by atoms with Crippen molar-refractivity contribution < 1.29 is 8.85 Å². The number of nitrogens with zero attached hydrogens (tertiary/aromatic N) is 1. The summed E-state index contributed by atoms with van der Waals surface area (Å²) in [6, 6.07) is 0.746. The molecule has 0 aromatic carbocycles. The van der Waals surface area contributed by atoms with Crippen molar-refractivity contribution in [1.29, 1.82) is 0 Å². The third-order valence-electron chi connectivity index (χ3n) is 4.29. The SMILES string of the molecule is CO[Si](C)(OC)N1CCC2CCCCC21. The minimum atomic E-state index is -2.04. The summed E-state index contributed by atoms with van der Waals surface area (Å²) >= 11 is 0. The molecule has 1 saturated carbocycles. The van der Waals surface area contributed by atoms with E-state index in [1.54, 1.807) is 14.2 Å². The van der Waals surface area contributed by atoms with Crippen molar-refractivity contribution in [3.8, 4) is 0 Å². The highest BCUT2D eigenvalue weighted by Crippen LogP contribution is 2.38. The fourth-order valence-electron chi connectivity index (χ4n) is 3.23. The van der Waals surface area contributed by atoms with Crippen molar-refractivity contribution >= 4 is 8.72 Å². The van der Waals surface area contributed by atoms with Gasteiger partial charge in [0.05, 0.1) is 0 Å². The van der Waals surface area contributed by atoms with E-state index in [4.69, 9.17) is 8.85 Å². The molecule has 2 atom stereocenters. The van der Waals surface area contributed by atoms with Crippen molar-refractivity contribution in [1.82, 2.24) is 4.57 Å². The van der Waals surface area contributed by atoms with Gasteiger partial charge in [0.25, 0.3) is 0 Å². The summed E-state index contributed by atoms with van der Waals surface area (Å²) < 4.78 is 13.9. The van der Waals surface area contributed by atoms with Crippen molar-refractivity contribution in [2.45, 2.75) is 44.7 Å². The van der Waals surface area contributed by atoms with E-state index in [1.807, 2.05) is 0 Å². The molecular formula is C11H23NO2Si. The highest BCUT2D eigenvalue weighted by Gasteiger charge is 2.48. The van der Waals surface area contributed by atoms with Crippen LogP contribution in [0.25, 0.3) is 0 Å². The van der Waals surface area contributed by atoms with Crippen LogP contribution < -0.4 is 0 Å². The molecule has 88 valence electrons. The number of hydrogen-bond donors (Lipinski definition) is 0. The van der Waals surface area contributed by atoms with Gasteiger partial charge in [0, 0.05) is 20.3 Å². The summed E-state index contributed by atoms with van der Waals surface area (Å²) in [6.45, 7) is 3.35. The molecule has 2 unspecified atom stereocenters. The van der Waals surface area contributed by atoms with Crippen LogP contribution in [-0.4, -0.2) is 40.1 Å². The lowest BCUT2D eigenvalue weighted by Crippen LogP contribution is -2.58. The summed E-state index contributed by atoms with van der Waals surface area (Å²) in [5.41, 5.74) is 0. The molecule has 0 radical (unpaired) electrons. The van der Waals surface area contributed by atoms with Crippen LogP contribution in [0.1, 0.15) is 32.1 Å². The molecule has 2 fully saturated rings. The van der Waals surface area contributed by atoms with Crippen LogP contribution in [-0.2, 0) is 8.85 Å². The maximum Gasteiger partial charge on any atom is 0.424 e.